The summed E-state index contributed by atoms with van der Waals surface area (Å²) in [6, 6.07) is 0. The van der Waals surface area contributed by atoms with Crippen LogP contribution in [0.15, 0.2) is 36.8 Å². The van der Waals surface area contributed by atoms with Crippen LogP contribution in [-0.4, -0.2) is 29.8 Å². The molecule has 0 radical (unpaired) electrons. The second kappa shape index (κ2) is 34.0. The number of unbranched alkanes of at least 4 members (excludes halogenated alkanes) is 27. The molecule has 0 aliphatic rings. The fourth-order valence-corrected chi connectivity index (χ4v) is 6.72. The Labute approximate surface area is 289 Å². The van der Waals surface area contributed by atoms with Gasteiger partial charge < -0.3 is 0 Å². The molecule has 0 aliphatic heterocycles. The Balaban J connectivity index is 5.03. The van der Waals surface area contributed by atoms with Gasteiger partial charge in [0.15, 0.2) is 0 Å². The molecule has 0 aromatic rings. The molecule has 0 atom stereocenters. The summed E-state index contributed by atoms with van der Waals surface area (Å²) in [6.45, 7) is 7.14. The van der Waals surface area contributed by atoms with Crippen LogP contribution >= 0.6 is 0 Å². The predicted octanol–water partition coefficient (Wildman–Crippen LogP) is 14.0. The molecule has 0 amide bonds. The Kier molecular flexibility index (Phi) is 33.3. The standard InChI is InChI=1S/C41H79NO3S/c1-4-7-10-13-16-19-22-25-28-31-34-37-42(40-41-46(43,44)45,38-35-32-29-26-23-20-17-14-11-8-5-2)39-36-33-30-27-24-21-18-15-12-9-6-3/h34-39H,4-33,40-41H2,1-3H3/p+1/b37-34+,38-35+,39-36+. The lowest BCUT2D eigenvalue weighted by Crippen LogP contribution is -2.35. The number of nitrogens with zero attached hydrogens (tertiary/aromatic N) is 1. The van der Waals surface area contributed by atoms with Crippen LogP contribution < -0.4 is 0 Å². The Morgan fingerprint density at radius 2 is 0.652 bits per heavy atom. The summed E-state index contributed by atoms with van der Waals surface area (Å²) < 4.78 is 33.7. The van der Waals surface area contributed by atoms with Gasteiger partial charge in [0.2, 0.25) is 0 Å². The number of hydrogen-bond acceptors (Lipinski definition) is 2. The van der Waals surface area contributed by atoms with Gasteiger partial charge in [-0.05, 0) is 56.8 Å². The minimum Gasteiger partial charge on any atom is -0.285 e. The monoisotopic (exact) mass is 667 g/mol. The number of quaternary nitrogens is 1. The Morgan fingerprint density at radius 3 is 0.891 bits per heavy atom. The smallest absolute Gasteiger partial charge is 0.270 e. The lowest BCUT2D eigenvalue weighted by atomic mass is 10.1. The van der Waals surface area contributed by atoms with E-state index in [4.69, 9.17) is 0 Å². The number of allylic oxidation sites excluding steroid dienone is 3. The number of rotatable bonds is 36. The van der Waals surface area contributed by atoms with E-state index >= 15 is 0 Å². The maximum absolute atomic E-state index is 11.8. The molecule has 0 rings (SSSR count). The second-order valence-corrected chi connectivity index (χ2v) is 15.6. The van der Waals surface area contributed by atoms with Gasteiger partial charge in [-0.25, -0.2) is 4.48 Å². The van der Waals surface area contributed by atoms with Gasteiger partial charge in [-0.2, -0.15) is 8.42 Å². The summed E-state index contributed by atoms with van der Waals surface area (Å²) in [5.41, 5.74) is 0. The molecule has 0 saturated heterocycles. The highest BCUT2D eigenvalue weighted by Crippen LogP contribution is 2.19. The summed E-state index contributed by atoms with van der Waals surface area (Å²) >= 11 is 0. The summed E-state index contributed by atoms with van der Waals surface area (Å²) in [4.78, 5) is 0. The molecular weight excluding hydrogens is 587 g/mol. The molecule has 0 aliphatic carbocycles. The Morgan fingerprint density at radius 1 is 0.413 bits per heavy atom. The zero-order valence-corrected chi connectivity index (χ0v) is 32.0. The highest BCUT2D eigenvalue weighted by molar-refractivity contribution is 7.85. The topological polar surface area (TPSA) is 54.4 Å². The van der Waals surface area contributed by atoms with Gasteiger partial charge in [0, 0.05) is 0 Å². The lowest BCUT2D eigenvalue weighted by Gasteiger charge is -2.26. The third-order valence-electron chi connectivity index (χ3n) is 9.31. The average molecular weight is 667 g/mol. The van der Waals surface area contributed by atoms with Crippen molar-refractivity contribution in [2.45, 2.75) is 213 Å². The van der Waals surface area contributed by atoms with E-state index in [0.717, 1.165) is 19.3 Å². The SMILES string of the molecule is CCCCCCCCCCC/C=C/[N+](/C=C/CCCCCCCCCCC)(/C=C/CCCCCCCCCCC)CCS(=O)(=O)O. The molecule has 0 fully saturated rings. The minimum absolute atomic E-state index is 0.236. The van der Waals surface area contributed by atoms with Gasteiger partial charge in [0.25, 0.3) is 10.1 Å². The Hall–Kier alpha value is -0.910. The lowest BCUT2D eigenvalue weighted by molar-refractivity contribution is -0.770. The van der Waals surface area contributed by atoms with Crippen molar-refractivity contribution in [1.29, 1.82) is 0 Å². The first-order valence-electron chi connectivity index (χ1n) is 20.2. The van der Waals surface area contributed by atoms with Gasteiger partial charge in [0.05, 0.1) is 0 Å². The maximum Gasteiger partial charge on any atom is 0.270 e. The van der Waals surface area contributed by atoms with Gasteiger partial charge in [-0.3, -0.25) is 4.55 Å². The average Bonchev–Trinajstić information content (AvgIpc) is 3.03. The molecule has 0 heterocycles. The highest BCUT2D eigenvalue weighted by atomic mass is 32.2. The molecule has 0 saturated carbocycles. The van der Waals surface area contributed by atoms with Crippen LogP contribution in [0, 0.1) is 0 Å². The third-order valence-corrected chi connectivity index (χ3v) is 10.0. The van der Waals surface area contributed by atoms with Crippen molar-refractivity contribution in [3.8, 4) is 0 Å². The van der Waals surface area contributed by atoms with Crippen molar-refractivity contribution in [3.63, 3.8) is 0 Å². The summed E-state index contributed by atoms with van der Waals surface area (Å²) in [7, 11) is -4.04. The van der Waals surface area contributed by atoms with E-state index in [-0.39, 0.29) is 5.75 Å². The van der Waals surface area contributed by atoms with Crippen LogP contribution in [0.1, 0.15) is 213 Å². The van der Waals surface area contributed by atoms with E-state index in [1.165, 1.54) is 173 Å². The van der Waals surface area contributed by atoms with Crippen LogP contribution in [-0.2, 0) is 10.1 Å². The molecular formula is C41H80NO3S+. The van der Waals surface area contributed by atoms with Crippen LogP contribution in [0.3, 0.4) is 0 Å². The van der Waals surface area contributed by atoms with Crippen molar-refractivity contribution in [1.82, 2.24) is 0 Å². The van der Waals surface area contributed by atoms with Gasteiger partial charge >= 0.3 is 0 Å². The second-order valence-electron chi connectivity index (χ2n) is 14.0. The summed E-state index contributed by atoms with van der Waals surface area (Å²) in [6.07, 6.45) is 51.9. The van der Waals surface area contributed by atoms with Crippen LogP contribution in [0.25, 0.3) is 0 Å². The first-order valence-corrected chi connectivity index (χ1v) is 21.9. The molecule has 0 bridgehead atoms. The minimum atomic E-state index is -4.04. The summed E-state index contributed by atoms with van der Waals surface area (Å²) in [5.74, 6) is -0.236. The zero-order chi connectivity index (χ0) is 33.9. The highest BCUT2D eigenvalue weighted by Gasteiger charge is 2.22. The van der Waals surface area contributed by atoms with E-state index in [0.29, 0.717) is 11.0 Å². The number of hydrogen-bond donors (Lipinski definition) is 1. The first kappa shape index (κ1) is 45.1. The molecule has 0 unspecified atom stereocenters. The molecule has 1 N–H and O–H groups in total. The van der Waals surface area contributed by atoms with E-state index < -0.39 is 10.1 Å². The van der Waals surface area contributed by atoms with Crippen molar-refractivity contribution in [2.75, 3.05) is 12.3 Å². The van der Waals surface area contributed by atoms with Crippen molar-refractivity contribution in [3.05, 3.63) is 36.8 Å². The molecule has 46 heavy (non-hydrogen) atoms. The molecule has 272 valence electrons. The molecule has 0 aromatic carbocycles. The quantitative estimate of drug-likeness (QED) is 0.0411. The van der Waals surface area contributed by atoms with E-state index in [9.17, 15) is 13.0 Å². The van der Waals surface area contributed by atoms with Gasteiger partial charge in [-0.1, -0.05) is 175 Å². The van der Waals surface area contributed by atoms with Crippen molar-refractivity contribution in [2.24, 2.45) is 0 Å². The Bertz CT molecular complexity index is 739. The predicted molar refractivity (Wildman–Crippen MR) is 204 cm³/mol. The van der Waals surface area contributed by atoms with Gasteiger partial charge in [0.1, 0.15) is 30.9 Å². The normalized spacial score (nSPS) is 12.9. The maximum atomic E-state index is 11.8. The molecule has 0 aromatic heterocycles. The molecule has 4 nitrogen and oxygen atoms in total. The van der Waals surface area contributed by atoms with E-state index in [1.54, 1.807) is 0 Å². The largest absolute Gasteiger partial charge is 0.285 e. The van der Waals surface area contributed by atoms with Crippen molar-refractivity contribution >= 4 is 10.1 Å². The van der Waals surface area contributed by atoms with Crippen LogP contribution in [0.4, 0.5) is 0 Å². The van der Waals surface area contributed by atoms with E-state index in [1.807, 2.05) is 0 Å². The van der Waals surface area contributed by atoms with Crippen molar-refractivity contribution < 1.29 is 17.5 Å². The molecule has 5 heteroatoms. The fourth-order valence-electron chi connectivity index (χ4n) is 6.18. The fraction of sp³-hybridized carbons (Fsp3) is 0.854. The molecule has 0 spiro atoms. The zero-order valence-electron chi connectivity index (χ0n) is 31.2. The van der Waals surface area contributed by atoms with Crippen LogP contribution in [0.2, 0.25) is 0 Å². The summed E-state index contributed by atoms with van der Waals surface area (Å²) in [5, 5.41) is 0. The van der Waals surface area contributed by atoms with E-state index in [2.05, 4.69) is 57.6 Å². The third kappa shape index (κ3) is 33.0. The van der Waals surface area contributed by atoms with Gasteiger partial charge in [-0.15, -0.1) is 0 Å². The first-order chi connectivity index (χ1) is 22.4. The van der Waals surface area contributed by atoms with Crippen LogP contribution in [0.5, 0.6) is 0 Å².